The number of amides is 2. The van der Waals surface area contributed by atoms with Crippen molar-refractivity contribution in [2.24, 2.45) is 0 Å². The van der Waals surface area contributed by atoms with Gasteiger partial charge >= 0.3 is 0 Å². The summed E-state index contributed by atoms with van der Waals surface area (Å²) in [6.45, 7) is 14.0. The minimum atomic E-state index is -0.845. The van der Waals surface area contributed by atoms with Crippen molar-refractivity contribution in [3.8, 4) is 0 Å². The average molecular weight is 408 g/mol. The zero-order chi connectivity index (χ0) is 22.5. The average Bonchev–Trinajstić information content (AvgIpc) is 2.64. The number of pyridine rings is 1. The van der Waals surface area contributed by atoms with E-state index in [1.807, 2.05) is 51.1 Å². The number of carbonyl (C=O) groups is 2. The maximum absolute atomic E-state index is 13.4. The van der Waals surface area contributed by atoms with E-state index < -0.39 is 11.6 Å². The summed E-state index contributed by atoms with van der Waals surface area (Å²) in [5.74, 6) is -0.521. The zero-order valence-electron chi connectivity index (χ0n) is 19.1. The predicted molar refractivity (Wildman–Crippen MR) is 122 cm³/mol. The molecular formula is C25H33N3O2. The lowest BCUT2D eigenvalue weighted by Crippen LogP contribution is -2.49. The van der Waals surface area contributed by atoms with E-state index >= 15 is 0 Å². The van der Waals surface area contributed by atoms with Crippen molar-refractivity contribution in [1.82, 2.24) is 10.3 Å². The summed E-state index contributed by atoms with van der Waals surface area (Å²) in [5.41, 5.74) is 2.01. The van der Waals surface area contributed by atoms with E-state index in [-0.39, 0.29) is 17.2 Å². The van der Waals surface area contributed by atoms with E-state index in [2.05, 4.69) is 31.1 Å². The fraction of sp³-hybridized carbons (Fsp3) is 0.400. The number of hydrogen-bond acceptors (Lipinski definition) is 3. The molecule has 5 heteroatoms. The van der Waals surface area contributed by atoms with E-state index in [4.69, 9.17) is 0 Å². The van der Waals surface area contributed by atoms with Crippen LogP contribution < -0.4 is 10.2 Å². The summed E-state index contributed by atoms with van der Waals surface area (Å²) in [7, 11) is 0. The van der Waals surface area contributed by atoms with Gasteiger partial charge in [0.2, 0.25) is 5.91 Å². The van der Waals surface area contributed by atoms with Crippen molar-refractivity contribution in [2.75, 3.05) is 4.90 Å². The lowest BCUT2D eigenvalue weighted by Gasteiger charge is -2.33. The Bertz CT molecular complexity index is 889. The molecule has 1 atom stereocenters. The number of carbonyl (C=O) groups excluding carboxylic acids is 2. The molecule has 0 spiro atoms. The first-order valence-electron chi connectivity index (χ1n) is 10.2. The molecule has 2 aromatic rings. The highest BCUT2D eigenvalue weighted by Crippen LogP contribution is 2.31. The molecule has 0 aliphatic carbocycles. The highest BCUT2D eigenvalue weighted by Gasteiger charge is 2.33. The Morgan fingerprint density at radius 1 is 1.03 bits per heavy atom. The van der Waals surface area contributed by atoms with Crippen LogP contribution in [-0.2, 0) is 15.0 Å². The molecule has 1 unspecified atom stereocenters. The maximum Gasteiger partial charge on any atom is 0.251 e. The molecule has 1 N–H and O–H groups in total. The SMILES string of the molecule is C/C=C/C(=O)N(c1ccc(C(C)(C)C)cc1)C(C(=O)NC(C)(C)C)c1cccnc1. The molecule has 2 amide bonds. The van der Waals surface area contributed by atoms with Crippen molar-refractivity contribution in [2.45, 2.75) is 65.5 Å². The maximum atomic E-state index is 13.4. The fourth-order valence-corrected chi connectivity index (χ4v) is 3.14. The molecule has 2 rings (SSSR count). The van der Waals surface area contributed by atoms with E-state index in [0.29, 0.717) is 11.3 Å². The standard InChI is InChI=1S/C25H33N3O2/c1-8-10-21(29)28(20-14-12-19(13-15-20)24(2,3)4)22(18-11-9-16-26-17-18)23(30)27-25(5,6)7/h8-17,22H,1-7H3,(H,27,30)/b10-8+. The van der Waals surface area contributed by atoms with E-state index in [1.54, 1.807) is 31.5 Å². The van der Waals surface area contributed by atoms with Crippen molar-refractivity contribution < 1.29 is 9.59 Å². The molecule has 1 heterocycles. The number of anilines is 1. The van der Waals surface area contributed by atoms with Crippen LogP contribution in [0.2, 0.25) is 0 Å². The summed E-state index contributed by atoms with van der Waals surface area (Å²) in [6.07, 6.45) is 6.44. The van der Waals surface area contributed by atoms with Crippen LogP contribution in [0.5, 0.6) is 0 Å². The van der Waals surface area contributed by atoms with Crippen LogP contribution >= 0.6 is 0 Å². The lowest BCUT2D eigenvalue weighted by atomic mass is 9.87. The number of aromatic nitrogens is 1. The Morgan fingerprint density at radius 2 is 1.67 bits per heavy atom. The summed E-state index contributed by atoms with van der Waals surface area (Å²) in [5, 5.41) is 3.02. The van der Waals surface area contributed by atoms with Crippen molar-refractivity contribution in [3.63, 3.8) is 0 Å². The van der Waals surface area contributed by atoms with Crippen LogP contribution in [0.1, 0.15) is 65.6 Å². The van der Waals surface area contributed by atoms with E-state index in [1.165, 1.54) is 11.0 Å². The molecule has 0 radical (unpaired) electrons. The molecule has 0 fully saturated rings. The zero-order valence-corrected chi connectivity index (χ0v) is 19.1. The molecule has 0 aliphatic heterocycles. The van der Waals surface area contributed by atoms with Gasteiger partial charge in [-0.25, -0.2) is 0 Å². The van der Waals surface area contributed by atoms with Gasteiger partial charge in [-0.2, -0.15) is 0 Å². The number of nitrogens with zero attached hydrogens (tertiary/aromatic N) is 2. The molecule has 160 valence electrons. The van der Waals surface area contributed by atoms with E-state index in [0.717, 1.165) is 5.56 Å². The highest BCUT2D eigenvalue weighted by molar-refractivity contribution is 6.06. The van der Waals surface area contributed by atoms with E-state index in [9.17, 15) is 9.59 Å². The number of nitrogens with one attached hydrogen (secondary N) is 1. The van der Waals surface area contributed by atoms with Gasteiger partial charge in [-0.15, -0.1) is 0 Å². The molecule has 0 aliphatic rings. The summed E-state index contributed by atoms with van der Waals surface area (Å²) in [4.78, 5) is 32.2. The molecule has 1 aromatic heterocycles. The van der Waals surface area contributed by atoms with Gasteiger partial charge in [0.1, 0.15) is 6.04 Å². The monoisotopic (exact) mass is 407 g/mol. The van der Waals surface area contributed by atoms with Crippen molar-refractivity contribution >= 4 is 17.5 Å². The van der Waals surface area contributed by atoms with Crippen LogP contribution in [-0.4, -0.2) is 22.3 Å². The van der Waals surface area contributed by atoms with Gasteiger partial charge in [0, 0.05) is 29.2 Å². The molecular weight excluding hydrogens is 374 g/mol. The first-order valence-corrected chi connectivity index (χ1v) is 10.2. The summed E-state index contributed by atoms with van der Waals surface area (Å²) >= 11 is 0. The van der Waals surface area contributed by atoms with Crippen LogP contribution in [0.4, 0.5) is 5.69 Å². The minimum absolute atomic E-state index is 0.0109. The third-order valence-electron chi connectivity index (χ3n) is 4.56. The molecule has 0 bridgehead atoms. The van der Waals surface area contributed by atoms with Crippen molar-refractivity contribution in [1.29, 1.82) is 0 Å². The minimum Gasteiger partial charge on any atom is -0.349 e. The molecule has 5 nitrogen and oxygen atoms in total. The second-order valence-corrected chi connectivity index (χ2v) is 9.43. The van der Waals surface area contributed by atoms with Gasteiger partial charge in [0.05, 0.1) is 0 Å². The van der Waals surface area contributed by atoms with Crippen LogP contribution in [0.3, 0.4) is 0 Å². The van der Waals surface area contributed by atoms with Gasteiger partial charge in [-0.3, -0.25) is 19.5 Å². The number of allylic oxidation sites excluding steroid dienone is 1. The fourth-order valence-electron chi connectivity index (χ4n) is 3.14. The normalized spacial score (nSPS) is 13.2. The second-order valence-electron chi connectivity index (χ2n) is 9.43. The van der Waals surface area contributed by atoms with Crippen molar-refractivity contribution in [3.05, 3.63) is 72.1 Å². The smallest absolute Gasteiger partial charge is 0.251 e. The largest absolute Gasteiger partial charge is 0.349 e. The van der Waals surface area contributed by atoms with Gasteiger partial charge in [-0.1, -0.05) is 45.0 Å². The van der Waals surface area contributed by atoms with Crippen LogP contribution in [0.15, 0.2) is 60.9 Å². The number of hydrogen-bond donors (Lipinski definition) is 1. The first-order chi connectivity index (χ1) is 13.9. The topological polar surface area (TPSA) is 62.3 Å². The summed E-state index contributed by atoms with van der Waals surface area (Å²) < 4.78 is 0. The van der Waals surface area contributed by atoms with Gasteiger partial charge in [0.15, 0.2) is 0 Å². The highest BCUT2D eigenvalue weighted by atomic mass is 16.2. The quantitative estimate of drug-likeness (QED) is 0.714. The molecule has 1 aromatic carbocycles. The van der Waals surface area contributed by atoms with Gasteiger partial charge < -0.3 is 5.32 Å². The molecule has 30 heavy (non-hydrogen) atoms. The van der Waals surface area contributed by atoms with Crippen LogP contribution in [0.25, 0.3) is 0 Å². The van der Waals surface area contributed by atoms with Gasteiger partial charge in [-0.05, 0) is 62.9 Å². The Kier molecular flexibility index (Phi) is 7.19. The second kappa shape index (κ2) is 9.24. The first kappa shape index (κ1) is 23.3. The van der Waals surface area contributed by atoms with Crippen LogP contribution in [0, 0.1) is 0 Å². The Labute approximate surface area is 180 Å². The Morgan fingerprint density at radius 3 is 2.13 bits per heavy atom. The molecule has 0 saturated heterocycles. The number of rotatable bonds is 5. The lowest BCUT2D eigenvalue weighted by molar-refractivity contribution is -0.126. The molecule has 0 saturated carbocycles. The third kappa shape index (κ3) is 6.02. The number of benzene rings is 1. The Balaban J connectivity index is 2.62. The summed E-state index contributed by atoms with van der Waals surface area (Å²) in [6, 6.07) is 10.6. The van der Waals surface area contributed by atoms with Gasteiger partial charge in [0.25, 0.3) is 5.91 Å². The predicted octanol–water partition coefficient (Wildman–Crippen LogP) is 4.94. The Hall–Kier alpha value is -2.95. The third-order valence-corrected chi connectivity index (χ3v) is 4.56.